The standard InChI is InChI=1S/C24H21N3O2/c1-29-19-8-6-17(7-9-19)10-15-26-24(28)21-16-23(18-11-13-25-14-12-18)27-22-5-3-2-4-20(21)22/h2-9,11-14,16H,10,15H2,1H3,(H,26,28). The number of ether oxygens (including phenoxy) is 1. The van der Waals surface area contributed by atoms with Crippen LogP contribution in [0.1, 0.15) is 15.9 Å². The predicted octanol–water partition coefficient (Wildman–Crippen LogP) is 4.28. The zero-order valence-electron chi connectivity index (χ0n) is 16.1. The summed E-state index contributed by atoms with van der Waals surface area (Å²) in [5, 5.41) is 3.88. The van der Waals surface area contributed by atoms with Gasteiger partial charge in [0, 0.05) is 29.9 Å². The number of nitrogens with zero attached hydrogens (tertiary/aromatic N) is 2. The summed E-state index contributed by atoms with van der Waals surface area (Å²) in [6.07, 6.45) is 4.19. The van der Waals surface area contributed by atoms with E-state index in [2.05, 4.69) is 10.3 Å². The van der Waals surface area contributed by atoms with Crippen molar-refractivity contribution in [2.75, 3.05) is 13.7 Å². The van der Waals surface area contributed by atoms with Crippen LogP contribution >= 0.6 is 0 Å². The average molecular weight is 383 g/mol. The molecular formula is C24H21N3O2. The van der Waals surface area contributed by atoms with E-state index in [-0.39, 0.29) is 5.91 Å². The molecule has 2 aromatic carbocycles. The van der Waals surface area contributed by atoms with Gasteiger partial charge in [0.25, 0.3) is 5.91 Å². The largest absolute Gasteiger partial charge is 0.497 e. The lowest BCUT2D eigenvalue weighted by molar-refractivity contribution is 0.0955. The van der Waals surface area contributed by atoms with Crippen molar-refractivity contribution in [3.05, 3.63) is 90.3 Å². The molecule has 0 radical (unpaired) electrons. The van der Waals surface area contributed by atoms with E-state index >= 15 is 0 Å². The number of benzene rings is 2. The molecule has 0 saturated carbocycles. The van der Waals surface area contributed by atoms with E-state index in [1.165, 1.54) is 0 Å². The second-order valence-electron chi connectivity index (χ2n) is 6.66. The van der Waals surface area contributed by atoms with Crippen LogP contribution in [-0.4, -0.2) is 29.5 Å². The minimum atomic E-state index is -0.104. The van der Waals surface area contributed by atoms with Gasteiger partial charge in [-0.1, -0.05) is 30.3 Å². The van der Waals surface area contributed by atoms with Crippen molar-refractivity contribution in [3.8, 4) is 17.0 Å². The van der Waals surface area contributed by atoms with Crippen LogP contribution in [0.25, 0.3) is 22.2 Å². The van der Waals surface area contributed by atoms with Crippen molar-refractivity contribution in [3.63, 3.8) is 0 Å². The van der Waals surface area contributed by atoms with Crippen molar-refractivity contribution in [2.45, 2.75) is 6.42 Å². The summed E-state index contributed by atoms with van der Waals surface area (Å²) in [5.41, 5.74) is 4.24. The molecule has 0 bridgehead atoms. The molecule has 4 aromatic rings. The van der Waals surface area contributed by atoms with Crippen molar-refractivity contribution < 1.29 is 9.53 Å². The first kappa shape index (κ1) is 18.6. The Kier molecular flexibility index (Phi) is 5.47. The first-order valence-corrected chi connectivity index (χ1v) is 9.46. The molecule has 1 amide bonds. The number of carbonyl (C=O) groups is 1. The highest BCUT2D eigenvalue weighted by molar-refractivity contribution is 6.07. The smallest absolute Gasteiger partial charge is 0.252 e. The fourth-order valence-electron chi connectivity index (χ4n) is 3.24. The fourth-order valence-corrected chi connectivity index (χ4v) is 3.24. The molecule has 0 atom stereocenters. The van der Waals surface area contributed by atoms with Gasteiger partial charge >= 0.3 is 0 Å². The van der Waals surface area contributed by atoms with Gasteiger partial charge in [-0.25, -0.2) is 4.98 Å². The topological polar surface area (TPSA) is 64.1 Å². The van der Waals surface area contributed by atoms with Crippen molar-refractivity contribution in [1.82, 2.24) is 15.3 Å². The van der Waals surface area contributed by atoms with E-state index in [0.29, 0.717) is 12.1 Å². The van der Waals surface area contributed by atoms with Crippen molar-refractivity contribution >= 4 is 16.8 Å². The number of hydrogen-bond donors (Lipinski definition) is 1. The highest BCUT2D eigenvalue weighted by Gasteiger charge is 2.13. The Bertz CT molecular complexity index is 1130. The molecule has 144 valence electrons. The molecule has 2 aromatic heterocycles. The van der Waals surface area contributed by atoms with Gasteiger partial charge in [-0.3, -0.25) is 9.78 Å². The first-order valence-electron chi connectivity index (χ1n) is 9.46. The number of hydrogen-bond acceptors (Lipinski definition) is 4. The monoisotopic (exact) mass is 383 g/mol. The van der Waals surface area contributed by atoms with E-state index in [1.54, 1.807) is 19.5 Å². The van der Waals surface area contributed by atoms with Crippen LogP contribution in [-0.2, 0) is 6.42 Å². The SMILES string of the molecule is COc1ccc(CCNC(=O)c2cc(-c3ccncc3)nc3ccccc23)cc1. The molecule has 5 heteroatoms. The highest BCUT2D eigenvalue weighted by Crippen LogP contribution is 2.24. The van der Waals surface area contributed by atoms with Crippen LogP contribution < -0.4 is 10.1 Å². The summed E-state index contributed by atoms with van der Waals surface area (Å²) in [6.45, 7) is 0.548. The number of fused-ring (bicyclic) bond motifs is 1. The third-order valence-corrected chi connectivity index (χ3v) is 4.80. The van der Waals surface area contributed by atoms with E-state index in [1.807, 2.05) is 66.7 Å². The summed E-state index contributed by atoms with van der Waals surface area (Å²) in [5.74, 6) is 0.720. The maximum Gasteiger partial charge on any atom is 0.252 e. The number of aromatic nitrogens is 2. The molecule has 0 aliphatic heterocycles. The van der Waals surface area contributed by atoms with Crippen LogP contribution in [0.3, 0.4) is 0 Å². The molecule has 0 spiro atoms. The lowest BCUT2D eigenvalue weighted by atomic mass is 10.0. The van der Waals surface area contributed by atoms with E-state index in [4.69, 9.17) is 9.72 Å². The Labute approximate surface area is 169 Å². The molecule has 0 fully saturated rings. The molecule has 0 aliphatic carbocycles. The molecule has 5 nitrogen and oxygen atoms in total. The number of amides is 1. The summed E-state index contributed by atoms with van der Waals surface area (Å²) >= 11 is 0. The van der Waals surface area contributed by atoms with Gasteiger partial charge in [0.05, 0.1) is 23.9 Å². The Morgan fingerprint density at radius 2 is 1.76 bits per heavy atom. The maximum absolute atomic E-state index is 13.0. The molecule has 1 N–H and O–H groups in total. The Hall–Kier alpha value is -3.73. The predicted molar refractivity (Wildman–Crippen MR) is 114 cm³/mol. The van der Waals surface area contributed by atoms with Crippen LogP contribution in [0.4, 0.5) is 0 Å². The van der Waals surface area contributed by atoms with Crippen LogP contribution in [0.5, 0.6) is 5.75 Å². The quantitative estimate of drug-likeness (QED) is 0.540. The molecule has 0 aliphatic rings. The second kappa shape index (κ2) is 8.52. The lowest BCUT2D eigenvalue weighted by Crippen LogP contribution is -2.26. The third-order valence-electron chi connectivity index (χ3n) is 4.80. The van der Waals surface area contributed by atoms with Gasteiger partial charge in [-0.05, 0) is 48.4 Å². The lowest BCUT2D eigenvalue weighted by Gasteiger charge is -2.11. The number of pyridine rings is 2. The normalized spacial score (nSPS) is 10.7. The number of nitrogens with one attached hydrogen (secondary N) is 1. The average Bonchev–Trinajstić information content (AvgIpc) is 2.79. The Morgan fingerprint density at radius 3 is 2.52 bits per heavy atom. The fraction of sp³-hybridized carbons (Fsp3) is 0.125. The first-order chi connectivity index (χ1) is 14.2. The zero-order valence-corrected chi connectivity index (χ0v) is 16.1. The summed E-state index contributed by atoms with van der Waals surface area (Å²) in [6, 6.07) is 21.2. The van der Waals surface area contributed by atoms with Crippen molar-refractivity contribution in [1.29, 1.82) is 0 Å². The van der Waals surface area contributed by atoms with Crippen LogP contribution in [0.2, 0.25) is 0 Å². The van der Waals surface area contributed by atoms with Gasteiger partial charge in [0.15, 0.2) is 0 Å². The van der Waals surface area contributed by atoms with E-state index in [0.717, 1.165) is 39.9 Å². The molecule has 29 heavy (non-hydrogen) atoms. The van der Waals surface area contributed by atoms with E-state index < -0.39 is 0 Å². The molecule has 2 heterocycles. The molecule has 0 unspecified atom stereocenters. The van der Waals surface area contributed by atoms with Crippen LogP contribution in [0, 0.1) is 0 Å². The minimum Gasteiger partial charge on any atom is -0.497 e. The highest BCUT2D eigenvalue weighted by atomic mass is 16.5. The maximum atomic E-state index is 13.0. The van der Waals surface area contributed by atoms with E-state index in [9.17, 15) is 4.79 Å². The van der Waals surface area contributed by atoms with Gasteiger partial charge in [-0.2, -0.15) is 0 Å². The second-order valence-corrected chi connectivity index (χ2v) is 6.66. The van der Waals surface area contributed by atoms with Crippen molar-refractivity contribution in [2.24, 2.45) is 0 Å². The number of para-hydroxylation sites is 1. The van der Waals surface area contributed by atoms with Gasteiger partial charge < -0.3 is 10.1 Å². The van der Waals surface area contributed by atoms with Gasteiger partial charge in [0.2, 0.25) is 0 Å². The van der Waals surface area contributed by atoms with Crippen LogP contribution in [0.15, 0.2) is 79.1 Å². The number of carbonyl (C=O) groups excluding carboxylic acids is 1. The third kappa shape index (κ3) is 4.24. The Morgan fingerprint density at radius 1 is 1.00 bits per heavy atom. The number of rotatable bonds is 6. The summed E-state index contributed by atoms with van der Waals surface area (Å²) < 4.78 is 5.18. The summed E-state index contributed by atoms with van der Waals surface area (Å²) in [4.78, 5) is 21.7. The minimum absolute atomic E-state index is 0.104. The Balaban J connectivity index is 1.56. The molecule has 0 saturated heterocycles. The zero-order chi connectivity index (χ0) is 20.1. The summed E-state index contributed by atoms with van der Waals surface area (Å²) in [7, 11) is 1.65. The molecule has 4 rings (SSSR count). The van der Waals surface area contributed by atoms with Gasteiger partial charge in [0.1, 0.15) is 5.75 Å². The molecular weight excluding hydrogens is 362 g/mol. The van der Waals surface area contributed by atoms with Gasteiger partial charge in [-0.15, -0.1) is 0 Å². The number of methoxy groups -OCH3 is 1.